The van der Waals surface area contributed by atoms with Crippen LogP contribution in [0.1, 0.15) is 16.7 Å². The Balaban J connectivity index is 2.36. The summed E-state index contributed by atoms with van der Waals surface area (Å²) in [7, 11) is 0. The third kappa shape index (κ3) is 2.53. The van der Waals surface area contributed by atoms with Crippen molar-refractivity contribution in [3.8, 4) is 11.8 Å². The van der Waals surface area contributed by atoms with Crippen LogP contribution in [0.15, 0.2) is 24.4 Å². The Labute approximate surface area is 100 Å². The summed E-state index contributed by atoms with van der Waals surface area (Å²) in [6.07, 6.45) is 1.58. The molecular weight excluding hydrogens is 214 g/mol. The van der Waals surface area contributed by atoms with Gasteiger partial charge in [0, 0.05) is 6.20 Å². The highest BCUT2D eigenvalue weighted by molar-refractivity contribution is 5.43. The molecule has 1 heterocycles. The molecular formula is C13H15N3O. The van der Waals surface area contributed by atoms with Gasteiger partial charge in [-0.15, -0.1) is 0 Å². The molecule has 2 aromatic rings. The summed E-state index contributed by atoms with van der Waals surface area (Å²) in [5, 5.41) is 0. The zero-order valence-corrected chi connectivity index (χ0v) is 10.2. The van der Waals surface area contributed by atoms with Crippen molar-refractivity contribution in [3.05, 3.63) is 41.1 Å². The molecule has 0 spiro atoms. The average molecular weight is 229 g/mol. The largest absolute Gasteiger partial charge is 0.424 e. The molecule has 0 aliphatic heterocycles. The SMILES string of the molecule is Cc1cc(C)c(C)c(Oc2nccc(N)n2)c1. The van der Waals surface area contributed by atoms with Gasteiger partial charge in [0.25, 0.3) is 0 Å². The first kappa shape index (κ1) is 11.4. The summed E-state index contributed by atoms with van der Waals surface area (Å²) in [6.45, 7) is 6.09. The summed E-state index contributed by atoms with van der Waals surface area (Å²) in [4.78, 5) is 8.04. The number of anilines is 1. The van der Waals surface area contributed by atoms with Crippen LogP contribution in [0.3, 0.4) is 0 Å². The van der Waals surface area contributed by atoms with Gasteiger partial charge in [0.05, 0.1) is 0 Å². The molecule has 0 atom stereocenters. The molecule has 88 valence electrons. The molecule has 4 heteroatoms. The predicted molar refractivity (Wildman–Crippen MR) is 67.2 cm³/mol. The van der Waals surface area contributed by atoms with E-state index in [2.05, 4.69) is 23.0 Å². The second kappa shape index (κ2) is 4.41. The number of nitrogens with zero attached hydrogens (tertiary/aromatic N) is 2. The molecule has 0 aliphatic carbocycles. The lowest BCUT2D eigenvalue weighted by Gasteiger charge is -2.10. The molecule has 1 aromatic heterocycles. The van der Waals surface area contributed by atoms with E-state index < -0.39 is 0 Å². The smallest absolute Gasteiger partial charge is 0.323 e. The number of ether oxygens (including phenoxy) is 1. The van der Waals surface area contributed by atoms with E-state index in [1.165, 1.54) is 5.56 Å². The number of nitrogen functional groups attached to an aromatic ring is 1. The lowest BCUT2D eigenvalue weighted by atomic mass is 10.1. The van der Waals surface area contributed by atoms with Crippen LogP contribution in [0.25, 0.3) is 0 Å². The molecule has 0 saturated heterocycles. The summed E-state index contributed by atoms with van der Waals surface area (Å²) in [6, 6.07) is 5.98. The van der Waals surface area contributed by atoms with Crippen molar-refractivity contribution in [1.29, 1.82) is 0 Å². The minimum absolute atomic E-state index is 0.276. The van der Waals surface area contributed by atoms with Gasteiger partial charge in [-0.05, 0) is 49.6 Å². The van der Waals surface area contributed by atoms with Crippen molar-refractivity contribution in [2.75, 3.05) is 5.73 Å². The lowest BCUT2D eigenvalue weighted by Crippen LogP contribution is -1.98. The van der Waals surface area contributed by atoms with Gasteiger partial charge in [0.15, 0.2) is 0 Å². The number of hydrogen-bond donors (Lipinski definition) is 1. The summed E-state index contributed by atoms with van der Waals surface area (Å²) < 4.78 is 5.65. The zero-order chi connectivity index (χ0) is 12.4. The van der Waals surface area contributed by atoms with E-state index >= 15 is 0 Å². The van der Waals surface area contributed by atoms with Gasteiger partial charge in [-0.3, -0.25) is 0 Å². The fraction of sp³-hybridized carbons (Fsp3) is 0.231. The van der Waals surface area contributed by atoms with Gasteiger partial charge in [-0.25, -0.2) is 4.98 Å². The van der Waals surface area contributed by atoms with Gasteiger partial charge in [0.2, 0.25) is 0 Å². The molecule has 1 aromatic carbocycles. The molecule has 2 N–H and O–H groups in total. The molecule has 17 heavy (non-hydrogen) atoms. The third-order valence-electron chi connectivity index (χ3n) is 2.62. The molecule has 0 bridgehead atoms. The molecule has 0 aliphatic rings. The summed E-state index contributed by atoms with van der Waals surface area (Å²) in [5.74, 6) is 1.17. The minimum atomic E-state index is 0.276. The van der Waals surface area contributed by atoms with E-state index in [1.807, 2.05) is 19.9 Å². The Morgan fingerprint density at radius 3 is 2.65 bits per heavy atom. The number of benzene rings is 1. The normalized spacial score (nSPS) is 10.3. The number of aromatic nitrogens is 2. The maximum Gasteiger partial charge on any atom is 0.323 e. The standard InChI is InChI=1S/C13H15N3O/c1-8-6-9(2)10(3)11(7-8)17-13-15-5-4-12(14)16-13/h4-7H,1-3H3,(H2,14,15,16). The highest BCUT2D eigenvalue weighted by Gasteiger charge is 2.07. The maximum absolute atomic E-state index is 5.65. The van der Waals surface area contributed by atoms with Crippen LogP contribution in [0.5, 0.6) is 11.8 Å². The number of hydrogen-bond acceptors (Lipinski definition) is 4. The molecule has 0 fully saturated rings. The highest BCUT2D eigenvalue weighted by atomic mass is 16.5. The Hall–Kier alpha value is -2.10. The quantitative estimate of drug-likeness (QED) is 0.860. The van der Waals surface area contributed by atoms with Gasteiger partial charge in [0.1, 0.15) is 11.6 Å². The second-order valence-electron chi connectivity index (χ2n) is 4.07. The van der Waals surface area contributed by atoms with Crippen LogP contribution < -0.4 is 10.5 Å². The van der Waals surface area contributed by atoms with Gasteiger partial charge < -0.3 is 10.5 Å². The van der Waals surface area contributed by atoms with E-state index in [4.69, 9.17) is 10.5 Å². The van der Waals surface area contributed by atoms with Crippen LogP contribution in [0.2, 0.25) is 0 Å². The maximum atomic E-state index is 5.65. The molecule has 2 rings (SSSR count). The summed E-state index contributed by atoms with van der Waals surface area (Å²) >= 11 is 0. The van der Waals surface area contributed by atoms with Gasteiger partial charge in [-0.2, -0.15) is 4.98 Å². The first-order valence-electron chi connectivity index (χ1n) is 5.40. The van der Waals surface area contributed by atoms with Crippen molar-refractivity contribution in [2.45, 2.75) is 20.8 Å². The van der Waals surface area contributed by atoms with E-state index in [9.17, 15) is 0 Å². The Kier molecular flexibility index (Phi) is 2.95. The average Bonchev–Trinajstić information content (AvgIpc) is 2.25. The Morgan fingerprint density at radius 2 is 1.94 bits per heavy atom. The second-order valence-corrected chi connectivity index (χ2v) is 4.07. The van der Waals surface area contributed by atoms with Crippen LogP contribution in [0, 0.1) is 20.8 Å². The van der Waals surface area contributed by atoms with Crippen LogP contribution >= 0.6 is 0 Å². The third-order valence-corrected chi connectivity index (χ3v) is 2.62. The number of rotatable bonds is 2. The fourth-order valence-electron chi connectivity index (χ4n) is 1.61. The van der Waals surface area contributed by atoms with E-state index in [1.54, 1.807) is 12.3 Å². The Bertz CT molecular complexity index is 552. The molecule has 0 amide bonds. The molecule has 0 saturated carbocycles. The van der Waals surface area contributed by atoms with Crippen molar-refractivity contribution in [3.63, 3.8) is 0 Å². The Morgan fingerprint density at radius 1 is 1.18 bits per heavy atom. The topological polar surface area (TPSA) is 61.0 Å². The van der Waals surface area contributed by atoms with E-state index in [0.29, 0.717) is 5.82 Å². The zero-order valence-electron chi connectivity index (χ0n) is 10.2. The monoisotopic (exact) mass is 229 g/mol. The minimum Gasteiger partial charge on any atom is -0.424 e. The first-order chi connectivity index (χ1) is 8.06. The van der Waals surface area contributed by atoms with E-state index in [0.717, 1.165) is 16.9 Å². The number of nitrogens with two attached hydrogens (primary N) is 1. The van der Waals surface area contributed by atoms with E-state index in [-0.39, 0.29) is 6.01 Å². The van der Waals surface area contributed by atoms with Crippen LogP contribution in [0.4, 0.5) is 5.82 Å². The van der Waals surface area contributed by atoms with Crippen LogP contribution in [-0.2, 0) is 0 Å². The van der Waals surface area contributed by atoms with Crippen LogP contribution in [-0.4, -0.2) is 9.97 Å². The van der Waals surface area contributed by atoms with Crippen molar-refractivity contribution < 1.29 is 4.74 Å². The van der Waals surface area contributed by atoms with Gasteiger partial charge in [-0.1, -0.05) is 6.07 Å². The predicted octanol–water partition coefficient (Wildman–Crippen LogP) is 2.78. The highest BCUT2D eigenvalue weighted by Crippen LogP contribution is 2.26. The first-order valence-corrected chi connectivity index (χ1v) is 5.40. The lowest BCUT2D eigenvalue weighted by molar-refractivity contribution is 0.439. The van der Waals surface area contributed by atoms with Crippen molar-refractivity contribution >= 4 is 5.82 Å². The summed E-state index contributed by atoms with van der Waals surface area (Å²) in [5.41, 5.74) is 8.99. The van der Waals surface area contributed by atoms with Crippen molar-refractivity contribution in [2.24, 2.45) is 0 Å². The van der Waals surface area contributed by atoms with Gasteiger partial charge >= 0.3 is 6.01 Å². The van der Waals surface area contributed by atoms with Crippen molar-refractivity contribution in [1.82, 2.24) is 9.97 Å². The number of aryl methyl sites for hydroxylation is 2. The molecule has 4 nitrogen and oxygen atoms in total. The fourth-order valence-corrected chi connectivity index (χ4v) is 1.61. The molecule has 0 radical (unpaired) electrons. The molecule has 0 unspecified atom stereocenters.